The molecule has 1 aromatic heterocycles. The Morgan fingerprint density at radius 3 is 2.77 bits per heavy atom. The fraction of sp³-hybridized carbons (Fsp3) is 0.529. The van der Waals surface area contributed by atoms with Gasteiger partial charge < -0.3 is 14.6 Å². The van der Waals surface area contributed by atoms with Crippen molar-refractivity contribution in [2.75, 3.05) is 13.2 Å². The Morgan fingerprint density at radius 1 is 1.32 bits per heavy atom. The van der Waals surface area contributed by atoms with Crippen molar-refractivity contribution in [2.45, 2.75) is 46.6 Å². The maximum atomic E-state index is 12.0. The number of nitrogens with one attached hydrogen (secondary N) is 1. The average molecular weight is 304 g/mol. The molecule has 0 aliphatic rings. The van der Waals surface area contributed by atoms with Gasteiger partial charge in [-0.25, -0.2) is 0 Å². The summed E-state index contributed by atoms with van der Waals surface area (Å²) in [5.41, 5.74) is 3.75. The quantitative estimate of drug-likeness (QED) is 0.799. The second-order valence-electron chi connectivity index (χ2n) is 5.86. The summed E-state index contributed by atoms with van der Waals surface area (Å²) >= 11 is 0. The molecule has 0 aliphatic carbocycles. The third-order valence-electron chi connectivity index (χ3n) is 3.58. The number of rotatable bonds is 7. The number of fused-ring (bicyclic) bond motifs is 1. The number of benzene rings is 1. The van der Waals surface area contributed by atoms with E-state index in [4.69, 9.17) is 9.26 Å². The Hall–Kier alpha value is -1.88. The Labute approximate surface area is 131 Å². The van der Waals surface area contributed by atoms with E-state index in [1.54, 1.807) is 0 Å². The molecule has 1 aromatic carbocycles. The number of ether oxygens (including phenoxy) is 1. The molecule has 0 saturated carbocycles. The predicted molar refractivity (Wildman–Crippen MR) is 85.9 cm³/mol. The molecule has 1 heterocycles. The molecule has 5 heteroatoms. The van der Waals surface area contributed by atoms with Crippen molar-refractivity contribution in [3.63, 3.8) is 0 Å². The summed E-state index contributed by atoms with van der Waals surface area (Å²) in [5, 5.41) is 7.83. The zero-order valence-corrected chi connectivity index (χ0v) is 13.7. The van der Waals surface area contributed by atoms with Gasteiger partial charge in [0.1, 0.15) is 5.69 Å². The van der Waals surface area contributed by atoms with Crippen LogP contribution in [0.4, 0.5) is 0 Å². The first-order valence-corrected chi connectivity index (χ1v) is 7.71. The first-order valence-electron chi connectivity index (χ1n) is 7.71. The monoisotopic (exact) mass is 304 g/mol. The van der Waals surface area contributed by atoms with Crippen molar-refractivity contribution in [1.29, 1.82) is 0 Å². The van der Waals surface area contributed by atoms with Crippen LogP contribution in [-0.4, -0.2) is 30.3 Å². The molecular formula is C17H24N2O3. The minimum atomic E-state index is -0.0435. The van der Waals surface area contributed by atoms with Crippen molar-refractivity contribution in [2.24, 2.45) is 0 Å². The molecular weight excluding hydrogens is 280 g/mol. The first-order chi connectivity index (χ1) is 10.5. The minimum Gasteiger partial charge on any atom is -0.379 e. The summed E-state index contributed by atoms with van der Waals surface area (Å²) in [6.07, 6.45) is 1.27. The Kier molecular flexibility index (Phi) is 5.55. The van der Waals surface area contributed by atoms with E-state index in [2.05, 4.69) is 10.5 Å². The summed E-state index contributed by atoms with van der Waals surface area (Å²) in [6, 6.07) is 3.99. The lowest BCUT2D eigenvalue weighted by atomic mass is 10.1. The van der Waals surface area contributed by atoms with Crippen molar-refractivity contribution < 1.29 is 14.1 Å². The standard InChI is InChI=1S/C17H24N2O3/c1-11(2)21-7-5-6-18-17(20)10-15-14-8-12(3)13(4)9-16(14)22-19-15/h8-9,11H,5-7,10H2,1-4H3,(H,18,20). The van der Waals surface area contributed by atoms with Crippen LogP contribution in [0.15, 0.2) is 16.7 Å². The van der Waals surface area contributed by atoms with Gasteiger partial charge in [-0.2, -0.15) is 0 Å². The van der Waals surface area contributed by atoms with Crippen molar-refractivity contribution in [1.82, 2.24) is 10.5 Å². The topological polar surface area (TPSA) is 64.4 Å². The number of carbonyl (C=O) groups excluding carboxylic acids is 1. The van der Waals surface area contributed by atoms with Crippen LogP contribution in [0.1, 0.15) is 37.1 Å². The maximum absolute atomic E-state index is 12.0. The van der Waals surface area contributed by atoms with Crippen LogP contribution in [-0.2, 0) is 16.0 Å². The molecule has 5 nitrogen and oxygen atoms in total. The highest BCUT2D eigenvalue weighted by atomic mass is 16.5. The normalized spacial score (nSPS) is 11.3. The zero-order valence-electron chi connectivity index (χ0n) is 13.7. The van der Waals surface area contributed by atoms with Crippen molar-refractivity contribution in [3.05, 3.63) is 29.0 Å². The van der Waals surface area contributed by atoms with Gasteiger partial charge in [-0.05, 0) is 57.4 Å². The Bertz CT molecular complexity index is 647. The highest BCUT2D eigenvalue weighted by molar-refractivity contribution is 5.87. The summed E-state index contributed by atoms with van der Waals surface area (Å²) in [4.78, 5) is 12.0. The predicted octanol–water partition coefficient (Wildman–Crippen LogP) is 2.92. The third-order valence-corrected chi connectivity index (χ3v) is 3.58. The number of amides is 1. The van der Waals surface area contributed by atoms with Crippen LogP contribution in [0, 0.1) is 13.8 Å². The van der Waals surface area contributed by atoms with Crippen LogP contribution in [0.5, 0.6) is 0 Å². The average Bonchev–Trinajstić information content (AvgIpc) is 2.81. The van der Waals surface area contributed by atoms with E-state index in [-0.39, 0.29) is 18.4 Å². The molecule has 2 rings (SSSR count). The SMILES string of the molecule is Cc1cc2onc(CC(=O)NCCCOC(C)C)c2cc1C. The lowest BCUT2D eigenvalue weighted by molar-refractivity contribution is -0.120. The van der Waals surface area contributed by atoms with Crippen LogP contribution in [0.3, 0.4) is 0 Å². The van der Waals surface area contributed by atoms with Crippen LogP contribution in [0.2, 0.25) is 0 Å². The van der Waals surface area contributed by atoms with Crippen molar-refractivity contribution >= 4 is 16.9 Å². The fourth-order valence-electron chi connectivity index (χ4n) is 2.21. The molecule has 1 amide bonds. The highest BCUT2D eigenvalue weighted by Gasteiger charge is 2.13. The van der Waals surface area contributed by atoms with E-state index >= 15 is 0 Å². The minimum absolute atomic E-state index is 0.0435. The Balaban J connectivity index is 1.88. The molecule has 1 N–H and O–H groups in total. The van der Waals surface area contributed by atoms with Gasteiger partial charge >= 0.3 is 0 Å². The molecule has 0 fully saturated rings. The van der Waals surface area contributed by atoms with Gasteiger partial charge in [0.25, 0.3) is 0 Å². The van der Waals surface area contributed by atoms with Gasteiger partial charge in [0.15, 0.2) is 5.58 Å². The molecule has 0 atom stereocenters. The summed E-state index contributed by atoms with van der Waals surface area (Å²) in [5.74, 6) is -0.0435. The van der Waals surface area contributed by atoms with Gasteiger partial charge in [0.05, 0.1) is 12.5 Å². The number of aryl methyl sites for hydroxylation is 2. The van der Waals surface area contributed by atoms with Crippen LogP contribution >= 0.6 is 0 Å². The summed E-state index contributed by atoms with van der Waals surface area (Å²) in [7, 11) is 0. The number of hydrogen-bond donors (Lipinski definition) is 1. The van der Waals surface area contributed by atoms with Gasteiger partial charge in [0, 0.05) is 18.5 Å². The van der Waals surface area contributed by atoms with E-state index in [0.717, 1.165) is 23.0 Å². The lowest BCUT2D eigenvalue weighted by Gasteiger charge is -2.07. The number of carbonyl (C=O) groups is 1. The van der Waals surface area contributed by atoms with Gasteiger partial charge in [-0.3, -0.25) is 4.79 Å². The maximum Gasteiger partial charge on any atom is 0.226 e. The molecule has 0 unspecified atom stereocenters. The van der Waals surface area contributed by atoms with Gasteiger partial charge in [0.2, 0.25) is 5.91 Å². The zero-order chi connectivity index (χ0) is 16.1. The molecule has 0 spiro atoms. The van der Waals surface area contributed by atoms with E-state index in [1.165, 1.54) is 5.56 Å². The van der Waals surface area contributed by atoms with E-state index < -0.39 is 0 Å². The second-order valence-corrected chi connectivity index (χ2v) is 5.86. The molecule has 2 aromatic rings. The third kappa shape index (κ3) is 4.31. The van der Waals surface area contributed by atoms with Crippen molar-refractivity contribution in [3.8, 4) is 0 Å². The Morgan fingerprint density at radius 2 is 2.05 bits per heavy atom. The number of aromatic nitrogens is 1. The molecule has 0 bridgehead atoms. The first kappa shape index (κ1) is 16.5. The fourth-order valence-corrected chi connectivity index (χ4v) is 2.21. The molecule has 22 heavy (non-hydrogen) atoms. The largest absolute Gasteiger partial charge is 0.379 e. The lowest BCUT2D eigenvalue weighted by Crippen LogP contribution is -2.27. The molecule has 0 radical (unpaired) electrons. The molecule has 120 valence electrons. The van der Waals surface area contributed by atoms with Gasteiger partial charge in [-0.15, -0.1) is 0 Å². The molecule has 0 saturated heterocycles. The summed E-state index contributed by atoms with van der Waals surface area (Å²) in [6.45, 7) is 9.34. The highest BCUT2D eigenvalue weighted by Crippen LogP contribution is 2.22. The summed E-state index contributed by atoms with van der Waals surface area (Å²) < 4.78 is 10.7. The number of nitrogens with zero attached hydrogens (tertiary/aromatic N) is 1. The number of hydrogen-bond acceptors (Lipinski definition) is 4. The van der Waals surface area contributed by atoms with E-state index in [1.807, 2.05) is 39.8 Å². The van der Waals surface area contributed by atoms with Gasteiger partial charge in [-0.1, -0.05) is 5.16 Å². The van der Waals surface area contributed by atoms with E-state index in [0.29, 0.717) is 18.8 Å². The van der Waals surface area contributed by atoms with Crippen LogP contribution < -0.4 is 5.32 Å². The van der Waals surface area contributed by atoms with E-state index in [9.17, 15) is 4.79 Å². The van der Waals surface area contributed by atoms with Crippen LogP contribution in [0.25, 0.3) is 11.0 Å². The smallest absolute Gasteiger partial charge is 0.226 e. The molecule has 0 aliphatic heterocycles. The second kappa shape index (κ2) is 7.40.